The van der Waals surface area contributed by atoms with Crippen LogP contribution in [0.3, 0.4) is 0 Å². The Kier molecular flexibility index (Phi) is 3.61. The van der Waals surface area contributed by atoms with E-state index in [0.717, 1.165) is 16.5 Å². The van der Waals surface area contributed by atoms with Crippen LogP contribution in [0.2, 0.25) is 0 Å². The number of nitrogens with zero attached hydrogens (tertiary/aromatic N) is 2. The summed E-state index contributed by atoms with van der Waals surface area (Å²) >= 11 is 0. The highest BCUT2D eigenvalue weighted by Crippen LogP contribution is 2.35. The number of benzene rings is 2. The van der Waals surface area contributed by atoms with Gasteiger partial charge in [-0.25, -0.2) is 0 Å². The molecule has 1 aliphatic heterocycles. The number of nitrogens with one attached hydrogen (secondary N) is 1. The second kappa shape index (κ2) is 5.94. The molecular weight excluding hydrogens is 322 g/mol. The Morgan fingerprint density at radius 1 is 1.24 bits per heavy atom. The third kappa shape index (κ3) is 2.69. The smallest absolute Gasteiger partial charge is 0.273 e. The first kappa shape index (κ1) is 15.2. The van der Waals surface area contributed by atoms with Crippen molar-refractivity contribution >= 4 is 28.2 Å². The fourth-order valence-electron chi connectivity index (χ4n) is 3.12. The van der Waals surface area contributed by atoms with Crippen molar-refractivity contribution in [3.05, 3.63) is 64.3 Å². The molecule has 25 heavy (non-hydrogen) atoms. The Morgan fingerprint density at radius 3 is 2.92 bits per heavy atom. The number of ether oxygens (including phenoxy) is 1. The van der Waals surface area contributed by atoms with Crippen LogP contribution in [0.15, 0.2) is 48.7 Å². The summed E-state index contributed by atoms with van der Waals surface area (Å²) in [5.74, 6) is 0.217. The van der Waals surface area contributed by atoms with E-state index in [9.17, 15) is 14.9 Å². The van der Waals surface area contributed by atoms with Crippen molar-refractivity contribution in [1.82, 2.24) is 4.98 Å². The Bertz CT molecular complexity index is 979. The largest absolute Gasteiger partial charge is 0.481 e. The zero-order valence-electron chi connectivity index (χ0n) is 13.3. The number of hydrogen-bond acceptors (Lipinski definition) is 4. The van der Waals surface area contributed by atoms with Gasteiger partial charge < -0.3 is 14.6 Å². The first-order chi connectivity index (χ1) is 12.1. The number of aromatic amines is 1. The van der Waals surface area contributed by atoms with Crippen molar-refractivity contribution in [2.24, 2.45) is 0 Å². The number of nitro benzene ring substituents is 1. The molecule has 7 nitrogen and oxygen atoms in total. The number of anilines is 1. The molecule has 1 amide bonds. The summed E-state index contributed by atoms with van der Waals surface area (Å²) in [5.41, 5.74) is 2.70. The molecule has 0 atom stereocenters. The topological polar surface area (TPSA) is 88.5 Å². The van der Waals surface area contributed by atoms with E-state index in [1.54, 1.807) is 11.0 Å². The quantitative estimate of drug-likeness (QED) is 0.585. The van der Waals surface area contributed by atoms with Gasteiger partial charge >= 0.3 is 0 Å². The number of fused-ring (bicyclic) bond motifs is 2. The lowest BCUT2D eigenvalue weighted by Crippen LogP contribution is -2.40. The fourth-order valence-corrected chi connectivity index (χ4v) is 3.12. The van der Waals surface area contributed by atoms with Crippen LogP contribution in [0.1, 0.15) is 5.56 Å². The molecule has 2 aromatic carbocycles. The van der Waals surface area contributed by atoms with Gasteiger partial charge in [0.2, 0.25) is 0 Å². The molecule has 3 aromatic rings. The summed E-state index contributed by atoms with van der Waals surface area (Å²) in [6.07, 6.45) is 2.62. The molecule has 7 heteroatoms. The van der Waals surface area contributed by atoms with Crippen molar-refractivity contribution in [1.29, 1.82) is 0 Å². The van der Waals surface area contributed by atoms with E-state index in [2.05, 4.69) is 4.98 Å². The van der Waals surface area contributed by atoms with Gasteiger partial charge in [-0.15, -0.1) is 0 Å². The van der Waals surface area contributed by atoms with Crippen molar-refractivity contribution in [3.63, 3.8) is 0 Å². The Labute approximate surface area is 143 Å². The highest BCUT2D eigenvalue weighted by atomic mass is 16.6. The molecule has 0 bridgehead atoms. The average Bonchev–Trinajstić information content (AvgIpc) is 3.03. The molecule has 1 aromatic heterocycles. The van der Waals surface area contributed by atoms with E-state index < -0.39 is 4.92 Å². The molecule has 0 radical (unpaired) electrons. The van der Waals surface area contributed by atoms with Crippen LogP contribution in [0.5, 0.6) is 5.75 Å². The SMILES string of the molecule is O=C1COc2cc([N+](=O)[O-])ccc2N1CCc1c[nH]c2ccccc12. The third-order valence-electron chi connectivity index (χ3n) is 4.38. The first-order valence-electron chi connectivity index (χ1n) is 7.90. The van der Waals surface area contributed by atoms with Crippen LogP contribution in [-0.4, -0.2) is 29.0 Å². The van der Waals surface area contributed by atoms with Crippen LogP contribution >= 0.6 is 0 Å². The summed E-state index contributed by atoms with van der Waals surface area (Å²) in [5, 5.41) is 12.0. The molecule has 0 fully saturated rings. The summed E-state index contributed by atoms with van der Waals surface area (Å²) in [7, 11) is 0. The van der Waals surface area contributed by atoms with E-state index in [1.165, 1.54) is 12.1 Å². The molecule has 1 aliphatic rings. The Balaban J connectivity index is 1.60. The molecule has 0 spiro atoms. The maximum Gasteiger partial charge on any atom is 0.273 e. The van der Waals surface area contributed by atoms with E-state index in [-0.39, 0.29) is 18.2 Å². The standard InChI is InChI=1S/C18H15N3O4/c22-18-11-25-17-9-13(21(23)24)5-6-16(17)20(18)8-7-12-10-19-15-4-2-1-3-14(12)15/h1-6,9-10,19H,7-8,11H2. The summed E-state index contributed by atoms with van der Waals surface area (Å²) in [6, 6.07) is 12.3. The maximum absolute atomic E-state index is 12.3. The summed E-state index contributed by atoms with van der Waals surface area (Å²) < 4.78 is 5.36. The normalized spacial score (nSPS) is 13.6. The predicted octanol–water partition coefficient (Wildman–Crippen LogP) is 3.04. The van der Waals surface area contributed by atoms with E-state index in [4.69, 9.17) is 4.74 Å². The second-order valence-corrected chi connectivity index (χ2v) is 5.85. The summed E-state index contributed by atoms with van der Waals surface area (Å²) in [6.45, 7) is 0.372. The third-order valence-corrected chi connectivity index (χ3v) is 4.38. The number of carbonyl (C=O) groups excluding carboxylic acids is 1. The van der Waals surface area contributed by atoms with Crippen LogP contribution in [0.25, 0.3) is 10.9 Å². The number of rotatable bonds is 4. The number of aromatic nitrogens is 1. The number of para-hydroxylation sites is 1. The highest BCUT2D eigenvalue weighted by Gasteiger charge is 2.27. The first-order valence-corrected chi connectivity index (χ1v) is 7.90. The molecule has 0 aliphatic carbocycles. The highest BCUT2D eigenvalue weighted by molar-refractivity contribution is 5.98. The zero-order valence-corrected chi connectivity index (χ0v) is 13.3. The molecule has 0 saturated carbocycles. The molecule has 0 saturated heterocycles. The van der Waals surface area contributed by atoms with E-state index >= 15 is 0 Å². The predicted molar refractivity (Wildman–Crippen MR) is 92.9 cm³/mol. The minimum absolute atomic E-state index is 0.0512. The van der Waals surface area contributed by atoms with Gasteiger partial charge in [-0.1, -0.05) is 18.2 Å². The fraction of sp³-hybridized carbons (Fsp3) is 0.167. The van der Waals surface area contributed by atoms with Crippen LogP contribution < -0.4 is 9.64 Å². The van der Waals surface area contributed by atoms with Crippen LogP contribution in [0, 0.1) is 10.1 Å². The van der Waals surface area contributed by atoms with Crippen LogP contribution in [0.4, 0.5) is 11.4 Å². The maximum atomic E-state index is 12.3. The van der Waals surface area contributed by atoms with Crippen molar-refractivity contribution < 1.29 is 14.5 Å². The molecular formula is C18H15N3O4. The number of non-ortho nitro benzene ring substituents is 1. The summed E-state index contributed by atoms with van der Waals surface area (Å²) in [4.78, 5) is 27.5. The number of carbonyl (C=O) groups is 1. The van der Waals surface area contributed by atoms with Crippen molar-refractivity contribution in [2.75, 3.05) is 18.1 Å². The van der Waals surface area contributed by atoms with Gasteiger partial charge in [0, 0.05) is 29.7 Å². The lowest BCUT2D eigenvalue weighted by Gasteiger charge is -2.29. The number of H-pyrrole nitrogens is 1. The number of nitro groups is 1. The monoisotopic (exact) mass is 337 g/mol. The van der Waals surface area contributed by atoms with Crippen molar-refractivity contribution in [2.45, 2.75) is 6.42 Å². The van der Waals surface area contributed by atoms with Gasteiger partial charge in [-0.2, -0.15) is 0 Å². The molecule has 126 valence electrons. The van der Waals surface area contributed by atoms with Gasteiger partial charge in [-0.3, -0.25) is 14.9 Å². The molecule has 1 N–H and O–H groups in total. The zero-order chi connectivity index (χ0) is 17.4. The lowest BCUT2D eigenvalue weighted by molar-refractivity contribution is -0.384. The minimum atomic E-state index is -0.476. The van der Waals surface area contributed by atoms with Gasteiger partial charge in [0.25, 0.3) is 11.6 Å². The van der Waals surface area contributed by atoms with E-state index in [0.29, 0.717) is 24.4 Å². The second-order valence-electron chi connectivity index (χ2n) is 5.85. The van der Waals surface area contributed by atoms with E-state index in [1.807, 2.05) is 30.5 Å². The number of amides is 1. The Morgan fingerprint density at radius 2 is 2.08 bits per heavy atom. The minimum Gasteiger partial charge on any atom is -0.481 e. The van der Waals surface area contributed by atoms with Gasteiger partial charge in [0.1, 0.15) is 0 Å². The van der Waals surface area contributed by atoms with Gasteiger partial charge in [0.15, 0.2) is 12.4 Å². The van der Waals surface area contributed by atoms with Crippen LogP contribution in [-0.2, 0) is 11.2 Å². The molecule has 2 heterocycles. The molecule has 0 unspecified atom stereocenters. The molecule has 4 rings (SSSR count). The Hall–Kier alpha value is -3.35. The van der Waals surface area contributed by atoms with Gasteiger partial charge in [-0.05, 0) is 24.1 Å². The lowest BCUT2D eigenvalue weighted by atomic mass is 10.1. The van der Waals surface area contributed by atoms with Crippen molar-refractivity contribution in [3.8, 4) is 5.75 Å². The van der Waals surface area contributed by atoms with Gasteiger partial charge in [0.05, 0.1) is 16.7 Å². The average molecular weight is 337 g/mol. The number of hydrogen-bond donors (Lipinski definition) is 1.